The van der Waals surface area contributed by atoms with Crippen LogP contribution in [-0.4, -0.2) is 21.1 Å². The molecular weight excluding hydrogens is 1400 g/mol. The van der Waals surface area contributed by atoms with Crippen molar-refractivity contribution in [3.8, 4) is 17.2 Å². The zero-order chi connectivity index (χ0) is 22.3. The summed E-state index contributed by atoms with van der Waals surface area (Å²) < 4.78 is 9.55. The SMILES string of the molecule is O=C(O)[C@@](I)(N(I)I)C(I)(I)c1c(I)c(I)c(Oc2ccc(O)cc2)c(I)c1I. The monoisotopic (exact) mass is 1410 g/mol. The number of benzene rings is 2. The molecule has 0 spiro atoms. The topological polar surface area (TPSA) is 70.0 Å². The quantitative estimate of drug-likeness (QED) is 0.0996. The number of carboxylic acid groups (broad SMARTS) is 1. The summed E-state index contributed by atoms with van der Waals surface area (Å²) in [5, 5.41) is 19.6. The first kappa shape index (κ1) is 29.3. The van der Waals surface area contributed by atoms with Crippen molar-refractivity contribution in [1.82, 2.24) is 1.33 Å². The first-order chi connectivity index (χ1) is 13.3. The van der Waals surface area contributed by atoms with Gasteiger partial charge < -0.3 is 14.9 Å². The first-order valence-corrected chi connectivity index (χ1v) is 16.5. The van der Waals surface area contributed by atoms with Crippen molar-refractivity contribution in [3.63, 3.8) is 0 Å². The number of aromatic hydroxyl groups is 1. The molecule has 0 saturated carbocycles. The number of halogens is 9. The smallest absolute Gasteiger partial charge is 0.338 e. The maximum atomic E-state index is 12.3. The Bertz CT molecular complexity index is 923. The number of hydrogen-bond acceptors (Lipinski definition) is 4. The molecule has 0 aromatic heterocycles. The standard InChI is InChI=1S/C15H6I9NO4/c16-8-7(14(20,21)15(22,13(27)28)25(23)24)9(17)11(19)12(10(8)18)29-6-3-1-5(26)2-4-6/h1-4,26H,(H,27,28)/t15-/m1/s1. The van der Waals surface area contributed by atoms with Crippen molar-refractivity contribution in [2.45, 2.75) is 4.97 Å². The number of carbonyl (C=O) groups is 1. The fraction of sp³-hybridized carbons (Fsp3) is 0.133. The van der Waals surface area contributed by atoms with E-state index in [0.29, 0.717) is 11.5 Å². The Kier molecular flexibility index (Phi) is 12.0. The Morgan fingerprint density at radius 1 is 0.897 bits per heavy atom. The van der Waals surface area contributed by atoms with Gasteiger partial charge in [0.15, 0.2) is 5.75 Å². The number of phenolic OH excluding ortho intramolecular Hbond substituents is 1. The molecule has 0 heterocycles. The van der Waals surface area contributed by atoms with Gasteiger partial charge in [0.25, 0.3) is 0 Å². The zero-order valence-electron chi connectivity index (χ0n) is 13.4. The highest BCUT2D eigenvalue weighted by molar-refractivity contribution is 14.2. The number of phenols is 1. The van der Waals surface area contributed by atoms with Gasteiger partial charge in [-0.25, -0.2) is 4.79 Å². The van der Waals surface area contributed by atoms with Crippen molar-refractivity contribution < 1.29 is 19.7 Å². The third-order valence-corrected chi connectivity index (χ3v) is 19.6. The Morgan fingerprint density at radius 3 is 1.72 bits per heavy atom. The number of carboxylic acids is 1. The van der Waals surface area contributed by atoms with E-state index in [1.54, 1.807) is 25.6 Å². The van der Waals surface area contributed by atoms with Crippen molar-refractivity contribution >= 4 is 210 Å². The van der Waals surface area contributed by atoms with Crippen LogP contribution >= 0.6 is 204 Å². The number of rotatable bonds is 6. The number of hydrogen-bond donors (Lipinski definition) is 2. The molecule has 0 bridgehead atoms. The summed E-state index contributed by atoms with van der Waals surface area (Å²) in [6.45, 7) is 0. The average Bonchev–Trinajstić information content (AvgIpc) is 2.63. The van der Waals surface area contributed by atoms with Crippen molar-refractivity contribution in [1.29, 1.82) is 0 Å². The number of aliphatic carboxylic acids is 1. The van der Waals surface area contributed by atoms with Crippen molar-refractivity contribution in [3.05, 3.63) is 44.1 Å². The van der Waals surface area contributed by atoms with Gasteiger partial charge in [0.1, 0.15) is 12.9 Å². The molecule has 2 aromatic carbocycles. The van der Waals surface area contributed by atoms with E-state index in [2.05, 4.69) is 136 Å². The van der Waals surface area contributed by atoms with E-state index in [-0.39, 0.29) is 5.75 Å². The molecule has 2 rings (SSSR count). The van der Waals surface area contributed by atoms with Crippen LogP contribution in [-0.2, 0) is 6.22 Å². The van der Waals surface area contributed by atoms with Gasteiger partial charge in [0, 0.05) is 58.4 Å². The molecule has 158 valence electrons. The fourth-order valence-corrected chi connectivity index (χ4v) is 13.6. The van der Waals surface area contributed by atoms with Crippen LogP contribution in [0, 0.1) is 14.3 Å². The van der Waals surface area contributed by atoms with E-state index >= 15 is 0 Å². The molecule has 2 aromatic rings. The number of nitrogens with zero attached hydrogens (tertiary/aromatic N) is 1. The zero-order valence-corrected chi connectivity index (χ0v) is 32.8. The van der Waals surface area contributed by atoms with Crippen LogP contribution in [0.4, 0.5) is 0 Å². The van der Waals surface area contributed by atoms with E-state index in [1.807, 2.05) is 68.3 Å². The van der Waals surface area contributed by atoms with Crippen LogP contribution in [0.1, 0.15) is 5.56 Å². The van der Waals surface area contributed by atoms with Gasteiger partial charge in [-0.2, -0.15) is 1.33 Å². The van der Waals surface area contributed by atoms with Crippen molar-refractivity contribution in [2.24, 2.45) is 0 Å². The van der Waals surface area contributed by atoms with E-state index < -0.39 is 10.9 Å². The predicted molar refractivity (Wildman–Crippen MR) is 189 cm³/mol. The summed E-state index contributed by atoms with van der Waals surface area (Å²) in [6, 6.07) is 6.57. The summed E-state index contributed by atoms with van der Waals surface area (Å²) in [7, 11) is 0. The van der Waals surface area contributed by atoms with Crippen LogP contribution in [0.25, 0.3) is 0 Å². The summed E-state index contributed by atoms with van der Waals surface area (Å²) in [5.41, 5.74) is 0.946. The minimum atomic E-state index is -1.20. The molecule has 1 atom stereocenters. The normalized spacial score (nSPS) is 14.0. The lowest BCUT2D eigenvalue weighted by Crippen LogP contribution is -2.51. The Labute approximate surface area is 290 Å². The summed E-state index contributed by atoms with van der Waals surface area (Å²) in [4.78, 5) is 12.3. The second-order valence-electron chi connectivity index (χ2n) is 5.29. The van der Waals surface area contributed by atoms with Crippen LogP contribution in [0.15, 0.2) is 24.3 Å². The minimum absolute atomic E-state index is 0.176. The molecule has 29 heavy (non-hydrogen) atoms. The highest BCUT2D eigenvalue weighted by atomic mass is 127. The lowest BCUT2D eigenvalue weighted by Gasteiger charge is -2.40. The van der Waals surface area contributed by atoms with Crippen molar-refractivity contribution in [2.75, 3.05) is 0 Å². The molecule has 0 saturated heterocycles. The largest absolute Gasteiger partial charge is 0.508 e. The molecule has 0 amide bonds. The van der Waals surface area contributed by atoms with Crippen LogP contribution in [0.3, 0.4) is 0 Å². The second kappa shape index (κ2) is 11.8. The van der Waals surface area contributed by atoms with Gasteiger partial charge >= 0.3 is 5.97 Å². The molecule has 2 N–H and O–H groups in total. The van der Waals surface area contributed by atoms with Gasteiger partial charge in [-0.05, 0) is 137 Å². The highest BCUT2D eigenvalue weighted by Crippen LogP contribution is 2.60. The van der Waals surface area contributed by atoms with E-state index in [9.17, 15) is 15.0 Å². The summed E-state index contributed by atoms with van der Waals surface area (Å²) in [6.07, 6.45) is 0. The van der Waals surface area contributed by atoms with Crippen LogP contribution < -0.4 is 4.74 Å². The van der Waals surface area contributed by atoms with Crippen LogP contribution in [0.2, 0.25) is 0 Å². The van der Waals surface area contributed by atoms with Gasteiger partial charge in [0.2, 0.25) is 3.55 Å². The van der Waals surface area contributed by atoms with Gasteiger partial charge in [-0.15, -0.1) is 0 Å². The van der Waals surface area contributed by atoms with Gasteiger partial charge in [-0.1, -0.05) is 45.2 Å². The van der Waals surface area contributed by atoms with E-state index in [0.717, 1.165) is 19.8 Å². The molecule has 0 aliphatic carbocycles. The maximum absolute atomic E-state index is 12.3. The van der Waals surface area contributed by atoms with E-state index in [1.165, 1.54) is 0 Å². The average molecular weight is 1410 g/mol. The molecule has 0 aliphatic heterocycles. The van der Waals surface area contributed by atoms with Crippen LogP contribution in [0.5, 0.6) is 17.2 Å². The minimum Gasteiger partial charge on any atom is -0.508 e. The van der Waals surface area contributed by atoms with Gasteiger partial charge in [0.05, 0.1) is 7.14 Å². The molecule has 0 fully saturated rings. The fourth-order valence-electron chi connectivity index (χ4n) is 2.09. The molecule has 0 radical (unpaired) electrons. The summed E-state index contributed by atoms with van der Waals surface area (Å²) >= 11 is 19.6. The molecule has 14 heteroatoms. The Morgan fingerprint density at radius 2 is 1.34 bits per heavy atom. The Balaban J connectivity index is 2.70. The number of alkyl halides is 3. The molecule has 5 nitrogen and oxygen atoms in total. The molecule has 0 unspecified atom stereocenters. The molecular formula is C15H6I9NO4. The third kappa shape index (κ3) is 6.07. The van der Waals surface area contributed by atoms with Gasteiger partial charge in [-0.3, -0.25) is 0 Å². The highest BCUT2D eigenvalue weighted by Gasteiger charge is 2.59. The predicted octanol–water partition coefficient (Wildman–Crippen LogP) is 8.84. The maximum Gasteiger partial charge on any atom is 0.338 e. The first-order valence-electron chi connectivity index (χ1n) is 7.02. The number of ether oxygens (including phenoxy) is 1. The Hall–Kier alpha value is 4.04. The van der Waals surface area contributed by atoms with E-state index in [4.69, 9.17) is 4.74 Å². The summed E-state index contributed by atoms with van der Waals surface area (Å²) in [5.74, 6) is 0.600. The second-order valence-corrected chi connectivity index (χ2v) is 20.2. The lowest BCUT2D eigenvalue weighted by molar-refractivity contribution is -0.140. The third-order valence-electron chi connectivity index (χ3n) is 3.53. The lowest BCUT2D eigenvalue weighted by atomic mass is 10.1. The molecule has 0 aliphatic rings.